The molecule has 0 saturated heterocycles. The summed E-state index contributed by atoms with van der Waals surface area (Å²) in [5.41, 5.74) is 4.71. The normalized spacial score (nSPS) is 16.7. The van der Waals surface area contributed by atoms with Crippen LogP contribution in [-0.4, -0.2) is 19.7 Å². The summed E-state index contributed by atoms with van der Waals surface area (Å²) in [7, 11) is 0. The van der Waals surface area contributed by atoms with Crippen molar-refractivity contribution < 1.29 is 0 Å². The first-order valence-corrected chi connectivity index (χ1v) is 9.38. The number of hydrogen-bond acceptors (Lipinski definition) is 4. The van der Waals surface area contributed by atoms with Gasteiger partial charge in [0.25, 0.3) is 0 Å². The van der Waals surface area contributed by atoms with Gasteiger partial charge in [0.2, 0.25) is 0 Å². The minimum absolute atomic E-state index is 0.311. The summed E-state index contributed by atoms with van der Waals surface area (Å²) in [6, 6.07) is 10.9. The Morgan fingerprint density at radius 1 is 1.19 bits per heavy atom. The summed E-state index contributed by atoms with van der Waals surface area (Å²) in [4.78, 5) is 9.48. The van der Waals surface area contributed by atoms with Crippen molar-refractivity contribution >= 4 is 0 Å². The van der Waals surface area contributed by atoms with E-state index in [0.717, 1.165) is 37.2 Å². The predicted molar refractivity (Wildman–Crippen MR) is 103 cm³/mol. The maximum Gasteiger partial charge on any atom is 0.159 e. The molecule has 5 heteroatoms. The molecule has 1 aliphatic carbocycles. The lowest BCUT2D eigenvalue weighted by Gasteiger charge is -2.25. The van der Waals surface area contributed by atoms with Crippen molar-refractivity contribution in [2.75, 3.05) is 0 Å². The summed E-state index contributed by atoms with van der Waals surface area (Å²) in [6.07, 6.45) is 9.39. The Morgan fingerprint density at radius 2 is 2.04 bits per heavy atom. The van der Waals surface area contributed by atoms with Crippen LogP contribution in [0.15, 0.2) is 48.9 Å². The molecule has 0 fully saturated rings. The topological polar surface area (TPSA) is 55.6 Å². The molecule has 2 aromatic heterocycles. The Balaban J connectivity index is 1.50. The summed E-state index contributed by atoms with van der Waals surface area (Å²) >= 11 is 0. The fourth-order valence-electron chi connectivity index (χ4n) is 3.48. The molecule has 1 aliphatic rings. The average Bonchev–Trinajstić information content (AvgIpc) is 3.16. The molecule has 2 heterocycles. The molecule has 4 rings (SSSR count). The molecule has 0 saturated carbocycles. The van der Waals surface area contributed by atoms with E-state index in [4.69, 9.17) is 4.98 Å². The second-order valence-corrected chi connectivity index (χ2v) is 7.21. The molecular weight excluding hydrogens is 322 g/mol. The summed E-state index contributed by atoms with van der Waals surface area (Å²) in [6.45, 7) is 5.10. The van der Waals surface area contributed by atoms with Crippen LogP contribution in [0.1, 0.15) is 55.6 Å². The molecule has 0 bridgehead atoms. The first-order valence-electron chi connectivity index (χ1n) is 9.38. The van der Waals surface area contributed by atoms with Crippen LogP contribution in [0.5, 0.6) is 0 Å². The fraction of sp³-hybridized carbons (Fsp3) is 0.381. The van der Waals surface area contributed by atoms with Crippen molar-refractivity contribution in [1.82, 2.24) is 25.1 Å². The van der Waals surface area contributed by atoms with Gasteiger partial charge in [0.1, 0.15) is 0 Å². The Labute approximate surface area is 154 Å². The number of hydrogen-bond donors (Lipinski definition) is 1. The smallest absolute Gasteiger partial charge is 0.159 e. The van der Waals surface area contributed by atoms with Crippen LogP contribution in [0.25, 0.3) is 11.4 Å². The van der Waals surface area contributed by atoms with E-state index < -0.39 is 0 Å². The number of nitrogens with one attached hydrogen (secondary N) is 1. The first kappa shape index (κ1) is 16.9. The minimum atomic E-state index is 0.311. The van der Waals surface area contributed by atoms with Gasteiger partial charge in [-0.05, 0) is 33.1 Å². The van der Waals surface area contributed by atoms with E-state index in [-0.39, 0.29) is 0 Å². The molecule has 0 spiro atoms. The molecule has 1 atom stereocenters. The standard InChI is InChI=1S/C21H25N5/c1-15(2)26-14-16(12-24-26)11-22-19-9-6-10-20-18(19)13-23-21(25-20)17-7-4-3-5-8-17/h3-5,7-8,12-15,19,22H,6,9-11H2,1-2H3. The first-order chi connectivity index (χ1) is 12.7. The molecule has 0 radical (unpaired) electrons. The van der Waals surface area contributed by atoms with E-state index in [1.165, 1.54) is 16.8 Å². The van der Waals surface area contributed by atoms with Crippen LogP contribution in [0.3, 0.4) is 0 Å². The number of rotatable bonds is 5. The lowest BCUT2D eigenvalue weighted by molar-refractivity contribution is 0.452. The lowest BCUT2D eigenvalue weighted by Crippen LogP contribution is -2.25. The summed E-state index contributed by atoms with van der Waals surface area (Å²) < 4.78 is 2.00. The second kappa shape index (κ2) is 7.38. The van der Waals surface area contributed by atoms with E-state index in [9.17, 15) is 0 Å². The van der Waals surface area contributed by atoms with Gasteiger partial charge in [0.05, 0.1) is 6.20 Å². The second-order valence-electron chi connectivity index (χ2n) is 7.21. The highest BCUT2D eigenvalue weighted by Crippen LogP contribution is 2.29. The third kappa shape index (κ3) is 3.53. The van der Waals surface area contributed by atoms with E-state index in [2.05, 4.69) is 47.6 Å². The van der Waals surface area contributed by atoms with Gasteiger partial charge in [-0.3, -0.25) is 4.68 Å². The maximum absolute atomic E-state index is 4.85. The van der Waals surface area contributed by atoms with Crippen molar-refractivity contribution in [3.8, 4) is 11.4 Å². The SMILES string of the molecule is CC(C)n1cc(CNC2CCCc3nc(-c4ccccc4)ncc32)cn1. The number of benzene rings is 1. The van der Waals surface area contributed by atoms with Gasteiger partial charge in [-0.1, -0.05) is 30.3 Å². The summed E-state index contributed by atoms with van der Waals surface area (Å²) in [5.74, 6) is 0.822. The highest BCUT2D eigenvalue weighted by Gasteiger charge is 2.22. The minimum Gasteiger partial charge on any atom is -0.306 e. The van der Waals surface area contributed by atoms with Crippen LogP contribution in [-0.2, 0) is 13.0 Å². The van der Waals surface area contributed by atoms with E-state index in [0.29, 0.717) is 12.1 Å². The van der Waals surface area contributed by atoms with Gasteiger partial charge in [-0.2, -0.15) is 5.10 Å². The zero-order chi connectivity index (χ0) is 17.9. The van der Waals surface area contributed by atoms with Crippen molar-refractivity contribution in [1.29, 1.82) is 0 Å². The summed E-state index contributed by atoms with van der Waals surface area (Å²) in [5, 5.41) is 8.09. The van der Waals surface area contributed by atoms with Crippen molar-refractivity contribution in [2.45, 2.75) is 51.7 Å². The molecular formula is C21H25N5. The zero-order valence-corrected chi connectivity index (χ0v) is 15.4. The van der Waals surface area contributed by atoms with Crippen LogP contribution >= 0.6 is 0 Å². The molecule has 1 aromatic carbocycles. The zero-order valence-electron chi connectivity index (χ0n) is 15.4. The molecule has 26 heavy (non-hydrogen) atoms. The van der Waals surface area contributed by atoms with Gasteiger partial charge >= 0.3 is 0 Å². The van der Waals surface area contributed by atoms with Crippen molar-refractivity contribution in [3.05, 3.63) is 65.7 Å². The van der Waals surface area contributed by atoms with Gasteiger partial charge in [-0.15, -0.1) is 0 Å². The molecule has 134 valence electrons. The van der Waals surface area contributed by atoms with Crippen molar-refractivity contribution in [2.24, 2.45) is 0 Å². The molecule has 1 unspecified atom stereocenters. The lowest BCUT2D eigenvalue weighted by atomic mass is 9.92. The highest BCUT2D eigenvalue weighted by molar-refractivity contribution is 5.55. The molecule has 0 amide bonds. The third-order valence-electron chi connectivity index (χ3n) is 4.95. The van der Waals surface area contributed by atoms with E-state index in [1.807, 2.05) is 35.3 Å². The largest absolute Gasteiger partial charge is 0.306 e. The Bertz CT molecular complexity index is 869. The maximum atomic E-state index is 4.85. The Hall–Kier alpha value is -2.53. The molecule has 1 N–H and O–H groups in total. The van der Waals surface area contributed by atoms with Crippen LogP contribution in [0.2, 0.25) is 0 Å². The average molecular weight is 347 g/mol. The van der Waals surface area contributed by atoms with Crippen LogP contribution in [0.4, 0.5) is 0 Å². The van der Waals surface area contributed by atoms with Crippen LogP contribution in [0, 0.1) is 0 Å². The fourth-order valence-corrected chi connectivity index (χ4v) is 3.48. The molecule has 5 nitrogen and oxygen atoms in total. The van der Waals surface area contributed by atoms with Crippen molar-refractivity contribution in [3.63, 3.8) is 0 Å². The third-order valence-corrected chi connectivity index (χ3v) is 4.95. The quantitative estimate of drug-likeness (QED) is 0.755. The van der Waals surface area contributed by atoms with E-state index >= 15 is 0 Å². The van der Waals surface area contributed by atoms with Gasteiger partial charge in [-0.25, -0.2) is 9.97 Å². The van der Waals surface area contributed by atoms with Crippen LogP contribution < -0.4 is 5.32 Å². The molecule has 0 aliphatic heterocycles. The van der Waals surface area contributed by atoms with Gasteiger partial charge in [0, 0.05) is 53.4 Å². The van der Waals surface area contributed by atoms with Gasteiger partial charge in [0.15, 0.2) is 5.82 Å². The number of nitrogens with zero attached hydrogens (tertiary/aromatic N) is 4. The Morgan fingerprint density at radius 3 is 2.81 bits per heavy atom. The number of aryl methyl sites for hydroxylation is 1. The monoisotopic (exact) mass is 347 g/mol. The Kier molecular flexibility index (Phi) is 4.80. The van der Waals surface area contributed by atoms with E-state index in [1.54, 1.807) is 0 Å². The highest BCUT2D eigenvalue weighted by atomic mass is 15.3. The number of aromatic nitrogens is 4. The predicted octanol–water partition coefficient (Wildman–Crippen LogP) is 4.09. The van der Waals surface area contributed by atoms with Gasteiger partial charge < -0.3 is 5.32 Å². The molecule has 3 aromatic rings. The number of fused-ring (bicyclic) bond motifs is 1.